The van der Waals surface area contributed by atoms with Gasteiger partial charge in [0.15, 0.2) is 0 Å². The number of carbonyl (C=O) groups excluding carboxylic acids is 1. The average molecular weight is 448 g/mol. The summed E-state index contributed by atoms with van der Waals surface area (Å²) in [6.45, 7) is 0. The van der Waals surface area contributed by atoms with Gasteiger partial charge in [0, 0.05) is 0 Å². The molecule has 0 bridgehead atoms. The normalized spacial score (nSPS) is 8.93. The Labute approximate surface area is 181 Å². The van der Waals surface area contributed by atoms with Crippen LogP contribution in [0.2, 0.25) is 0 Å². The minimum atomic E-state index is -1.64. The summed E-state index contributed by atoms with van der Waals surface area (Å²) in [4.78, 5) is 13.6. The maximum absolute atomic E-state index is 10.3. The van der Waals surface area contributed by atoms with Gasteiger partial charge in [-0.15, -0.1) is 39.7 Å². The molecule has 0 unspecified atom stereocenters. The van der Waals surface area contributed by atoms with Crippen molar-refractivity contribution >= 4 is 50.9 Å². The predicted molar refractivity (Wildman–Crippen MR) is 124 cm³/mol. The number of hydrogen-bond acceptors (Lipinski definition) is 1. The quantitative estimate of drug-likeness (QED) is 0.216. The standard InChI is InChI=1S/C13H9.C7H7NO.2CH3.CH2.2ClH.Ti/c1-3-7-12-10(5-1)9-11-6-2-4-8-13(11)12;8-7(9)6-4-2-1-3-5-6;;;;;;/h1-9H;1-5H,(H2,8,9);2*1H3;1H2;2*1H;/q-1;;2*-1;;;;+2/p-3. The van der Waals surface area contributed by atoms with Crippen LogP contribution in [-0.2, 0) is 15.3 Å². The molecule has 5 heteroatoms. The molecule has 148 valence electrons. The van der Waals surface area contributed by atoms with Crippen LogP contribution < -0.4 is 0 Å². The van der Waals surface area contributed by atoms with Crippen molar-refractivity contribution in [2.45, 2.75) is 0 Å². The average Bonchev–Trinajstić information content (AvgIpc) is 3.01. The summed E-state index contributed by atoms with van der Waals surface area (Å²) in [6.07, 6.45) is 0. The Kier molecular flexibility index (Phi) is 12.5. The summed E-state index contributed by atoms with van der Waals surface area (Å²) < 4.78 is 0. The number of fused-ring (bicyclic) bond motifs is 3. The van der Waals surface area contributed by atoms with Gasteiger partial charge >= 0.3 is 38.7 Å². The summed E-state index contributed by atoms with van der Waals surface area (Å²) >= 11 is -1.64. The number of nitrogens with one attached hydrogen (secondary N) is 1. The van der Waals surface area contributed by atoms with Crippen molar-refractivity contribution in [1.82, 2.24) is 0 Å². The van der Waals surface area contributed by atoms with E-state index in [1.807, 2.05) is 6.07 Å². The first-order valence-electron chi connectivity index (χ1n) is 7.83. The number of rotatable bonds is 1. The molecule has 0 saturated carbocycles. The molecular weight excluding hydrogens is 425 g/mol. The van der Waals surface area contributed by atoms with Crippen LogP contribution in [0, 0.1) is 14.9 Å². The molecule has 28 heavy (non-hydrogen) atoms. The van der Waals surface area contributed by atoms with Crippen LogP contribution in [0.15, 0.2) is 84.9 Å². The van der Waals surface area contributed by atoms with Crippen LogP contribution in [0.3, 0.4) is 0 Å². The molecular formula is C23H23Cl2NOTi-4. The van der Waals surface area contributed by atoms with Crippen LogP contribution in [0.25, 0.3) is 27.3 Å². The molecule has 0 aliphatic carbocycles. The third-order valence-corrected chi connectivity index (χ3v) is 3.56. The Hall–Kier alpha value is -1.84. The second-order valence-corrected chi connectivity index (χ2v) is 11.0. The van der Waals surface area contributed by atoms with E-state index in [2.05, 4.69) is 59.4 Å². The van der Waals surface area contributed by atoms with E-state index in [-0.39, 0.29) is 14.9 Å². The van der Waals surface area contributed by atoms with E-state index in [1.54, 1.807) is 24.3 Å². The van der Waals surface area contributed by atoms with Crippen molar-refractivity contribution in [3.63, 3.8) is 0 Å². The summed E-state index contributed by atoms with van der Waals surface area (Å²) in [5.41, 5.74) is 7.12. The van der Waals surface area contributed by atoms with Crippen LogP contribution in [0.1, 0.15) is 10.4 Å². The van der Waals surface area contributed by atoms with Gasteiger partial charge in [0.2, 0.25) is 0 Å². The zero-order valence-corrected chi connectivity index (χ0v) is 19.0. The Bertz CT molecular complexity index is 958. The SMILES string of the molecule is [CH2]=[Ti]([Cl])[Cl].[CH3-].[CH3-].[NH-]C(=O)c1ccccc1.c1ccc2c(c1)[cH-]c1ccccc12. The van der Waals surface area contributed by atoms with Crippen LogP contribution >= 0.6 is 18.6 Å². The minimum Gasteiger partial charge on any atom is -0.664 e. The first kappa shape index (κ1) is 26.2. The molecule has 0 radical (unpaired) electrons. The van der Waals surface area contributed by atoms with E-state index in [1.165, 1.54) is 21.5 Å². The maximum Gasteiger partial charge on any atom is 0.0796 e. The van der Waals surface area contributed by atoms with Crippen molar-refractivity contribution in [2.24, 2.45) is 0 Å². The Morgan fingerprint density at radius 2 is 1.14 bits per heavy atom. The summed E-state index contributed by atoms with van der Waals surface area (Å²) in [5, 5.41) is 5.39. The van der Waals surface area contributed by atoms with Gasteiger partial charge in [0.05, 0.1) is 5.91 Å². The zero-order valence-electron chi connectivity index (χ0n) is 16.0. The fourth-order valence-corrected chi connectivity index (χ4v) is 2.49. The van der Waals surface area contributed by atoms with E-state index in [9.17, 15) is 4.79 Å². The topological polar surface area (TPSA) is 40.9 Å². The second-order valence-electron chi connectivity index (χ2n) is 5.35. The van der Waals surface area contributed by atoms with Crippen molar-refractivity contribution < 1.29 is 20.1 Å². The summed E-state index contributed by atoms with van der Waals surface area (Å²) in [6, 6.07) is 27.8. The number of amides is 1. The fourth-order valence-electron chi connectivity index (χ4n) is 2.49. The summed E-state index contributed by atoms with van der Waals surface area (Å²) in [7, 11) is 10.2. The molecule has 0 saturated heterocycles. The molecule has 2 nitrogen and oxygen atoms in total. The first-order chi connectivity index (χ1) is 12.5. The smallest absolute Gasteiger partial charge is 0.0796 e. The molecule has 0 spiro atoms. The van der Waals surface area contributed by atoms with Crippen LogP contribution in [0.4, 0.5) is 0 Å². The van der Waals surface area contributed by atoms with E-state index in [4.69, 9.17) is 24.3 Å². The number of hydrogen-bond donors (Lipinski definition) is 0. The van der Waals surface area contributed by atoms with Crippen LogP contribution in [0.5, 0.6) is 0 Å². The molecule has 0 aliphatic rings. The maximum atomic E-state index is 10.3. The zero-order chi connectivity index (χ0) is 18.9. The number of halogens is 2. The molecule has 1 N–H and O–H groups in total. The van der Waals surface area contributed by atoms with Crippen molar-refractivity contribution in [3.05, 3.63) is 111 Å². The third-order valence-electron chi connectivity index (χ3n) is 3.56. The van der Waals surface area contributed by atoms with Gasteiger partial charge in [0.1, 0.15) is 0 Å². The molecule has 0 heterocycles. The van der Waals surface area contributed by atoms with Gasteiger partial charge in [-0.05, 0) is 5.56 Å². The number of carbonyl (C=O) groups is 1. The molecule has 0 fully saturated rings. The van der Waals surface area contributed by atoms with Gasteiger partial charge in [-0.1, -0.05) is 66.7 Å². The Morgan fingerprint density at radius 1 is 0.786 bits per heavy atom. The summed E-state index contributed by atoms with van der Waals surface area (Å²) in [5.74, 6) is -0.629. The van der Waals surface area contributed by atoms with Crippen molar-refractivity contribution in [3.8, 4) is 0 Å². The largest absolute Gasteiger partial charge is 0.664 e. The second kappa shape index (κ2) is 13.4. The van der Waals surface area contributed by atoms with E-state index in [0.29, 0.717) is 5.56 Å². The first-order valence-corrected chi connectivity index (χ1v) is 13.2. The molecule has 0 aromatic heterocycles. The Balaban J connectivity index is 0.000000432. The minimum absolute atomic E-state index is 0. The van der Waals surface area contributed by atoms with Crippen LogP contribution in [-0.4, -0.2) is 10.7 Å². The van der Waals surface area contributed by atoms with Gasteiger partial charge in [0.25, 0.3) is 0 Å². The van der Waals surface area contributed by atoms with Crippen molar-refractivity contribution in [2.75, 3.05) is 0 Å². The molecule has 4 aromatic rings. The van der Waals surface area contributed by atoms with E-state index < -0.39 is 21.2 Å². The van der Waals surface area contributed by atoms with E-state index >= 15 is 0 Å². The molecule has 1 amide bonds. The van der Waals surface area contributed by atoms with Gasteiger partial charge in [-0.2, -0.15) is 0 Å². The Morgan fingerprint density at radius 3 is 1.50 bits per heavy atom. The molecule has 0 atom stereocenters. The fraction of sp³-hybridized carbons (Fsp3) is 0. The molecule has 4 rings (SSSR count). The third kappa shape index (κ3) is 8.04. The number of benzene rings is 3. The van der Waals surface area contributed by atoms with E-state index in [0.717, 1.165) is 0 Å². The van der Waals surface area contributed by atoms with Gasteiger partial charge in [-0.25, -0.2) is 0 Å². The predicted octanol–water partition coefficient (Wildman–Crippen LogP) is 7.84. The van der Waals surface area contributed by atoms with Crippen molar-refractivity contribution in [1.29, 1.82) is 0 Å². The van der Waals surface area contributed by atoms with Gasteiger partial charge < -0.3 is 25.4 Å². The monoisotopic (exact) mass is 447 g/mol. The molecule has 0 aliphatic heterocycles. The molecule has 4 aromatic carbocycles. The van der Waals surface area contributed by atoms with Gasteiger partial charge in [-0.3, -0.25) is 0 Å².